The van der Waals surface area contributed by atoms with Crippen LogP contribution in [0.1, 0.15) is 34.6 Å². The molecule has 0 aliphatic carbocycles. The molecule has 1 unspecified atom stereocenters. The summed E-state index contributed by atoms with van der Waals surface area (Å²) in [5.41, 5.74) is 6.53. The van der Waals surface area contributed by atoms with Crippen LogP contribution in [0.3, 0.4) is 0 Å². The van der Waals surface area contributed by atoms with E-state index < -0.39 is 23.1 Å². The number of nitrogens with one attached hydrogen (secondary N) is 4. The zero-order valence-corrected chi connectivity index (χ0v) is 26.9. The van der Waals surface area contributed by atoms with Crippen LogP contribution >= 0.6 is 0 Å². The normalized spacial score (nSPS) is 14.4. The SMILES string of the molecule is COc1c(NC2CCCNC2)nc(C=CCNC(=O)c2cncn(Cc3ccc(F)c(F)c3)c2=O)nc1-n1nc(Nc2ccccc2)nc1N. The lowest BCUT2D eigenvalue weighted by atomic mass is 10.1. The van der Waals surface area contributed by atoms with Crippen molar-refractivity contribution in [1.29, 1.82) is 0 Å². The molecule has 0 radical (unpaired) electrons. The van der Waals surface area contributed by atoms with Gasteiger partial charge in [0, 0.05) is 31.0 Å². The number of para-hydroxylation sites is 1. The molecule has 2 aromatic carbocycles. The molecule has 50 heavy (non-hydrogen) atoms. The standard InChI is InChI=1S/C33H34F2N12O3/c1-50-27-28(40-22-9-5-13-37-16-22)42-26(43-29(27)47-32(36)44-33(45-47)41-21-7-3-2-4-8-21)10-6-14-39-30(48)23-17-38-19-46(31(23)49)18-20-11-12-24(34)25(35)15-20/h2-4,6-8,10-12,15,17,19,22,37H,5,9,13-14,16,18H2,1H3,(H,39,48)(H,40,42,43)(H3,36,41,44,45). The Balaban J connectivity index is 1.22. The van der Waals surface area contributed by atoms with Gasteiger partial charge in [-0.2, -0.15) is 9.67 Å². The fraction of sp³-hybridized carbons (Fsp3) is 0.242. The third kappa shape index (κ3) is 7.90. The predicted octanol–water partition coefficient (Wildman–Crippen LogP) is 2.88. The summed E-state index contributed by atoms with van der Waals surface area (Å²) in [4.78, 5) is 43.6. The van der Waals surface area contributed by atoms with Gasteiger partial charge in [-0.1, -0.05) is 30.3 Å². The third-order valence-electron chi connectivity index (χ3n) is 7.70. The number of nitrogen functional groups attached to an aromatic ring is 1. The monoisotopic (exact) mass is 684 g/mol. The summed E-state index contributed by atoms with van der Waals surface area (Å²) >= 11 is 0. The molecule has 0 bridgehead atoms. The van der Waals surface area contributed by atoms with Gasteiger partial charge in [0.2, 0.25) is 23.5 Å². The van der Waals surface area contributed by atoms with Crippen LogP contribution in [0, 0.1) is 11.6 Å². The van der Waals surface area contributed by atoms with Gasteiger partial charge < -0.3 is 31.7 Å². The molecule has 0 spiro atoms. The van der Waals surface area contributed by atoms with E-state index in [4.69, 9.17) is 10.5 Å². The first kappa shape index (κ1) is 33.7. The van der Waals surface area contributed by atoms with Crippen molar-refractivity contribution in [2.45, 2.75) is 25.4 Å². The van der Waals surface area contributed by atoms with Crippen LogP contribution in [-0.2, 0) is 6.54 Å². The van der Waals surface area contributed by atoms with E-state index in [1.54, 1.807) is 12.2 Å². The van der Waals surface area contributed by atoms with Crippen molar-refractivity contribution in [1.82, 2.24) is 44.9 Å². The van der Waals surface area contributed by atoms with Gasteiger partial charge in [0.15, 0.2) is 23.3 Å². The molecule has 17 heteroatoms. The first-order valence-electron chi connectivity index (χ1n) is 15.7. The molecule has 0 saturated carbocycles. The molecule has 6 rings (SSSR count). The molecule has 5 aromatic rings. The Kier molecular flexibility index (Phi) is 10.3. The van der Waals surface area contributed by atoms with Gasteiger partial charge in [-0.3, -0.25) is 14.2 Å². The van der Waals surface area contributed by atoms with Crippen LogP contribution in [0.4, 0.5) is 32.2 Å². The van der Waals surface area contributed by atoms with Gasteiger partial charge in [0.1, 0.15) is 5.56 Å². The van der Waals surface area contributed by atoms with Gasteiger partial charge in [0.25, 0.3) is 11.5 Å². The number of piperidine rings is 1. The topological polar surface area (TPSA) is 192 Å². The summed E-state index contributed by atoms with van der Waals surface area (Å²) in [5, 5.41) is 17.1. The lowest BCUT2D eigenvalue weighted by molar-refractivity contribution is 0.0955. The van der Waals surface area contributed by atoms with E-state index in [-0.39, 0.29) is 48.2 Å². The maximum atomic E-state index is 13.7. The second kappa shape index (κ2) is 15.3. The van der Waals surface area contributed by atoms with Crippen molar-refractivity contribution >= 4 is 35.4 Å². The predicted molar refractivity (Wildman–Crippen MR) is 182 cm³/mol. The molecular formula is C33H34F2N12O3. The number of nitrogens with zero attached hydrogens (tertiary/aromatic N) is 7. The summed E-state index contributed by atoms with van der Waals surface area (Å²) in [6, 6.07) is 12.7. The van der Waals surface area contributed by atoms with Crippen LogP contribution in [0.5, 0.6) is 5.75 Å². The number of ether oxygens (including phenoxy) is 1. The molecule has 1 amide bonds. The van der Waals surface area contributed by atoms with Gasteiger partial charge >= 0.3 is 0 Å². The number of aromatic nitrogens is 7. The molecule has 3 aromatic heterocycles. The maximum Gasteiger partial charge on any atom is 0.266 e. The molecule has 1 saturated heterocycles. The van der Waals surface area contributed by atoms with Crippen LogP contribution in [0.25, 0.3) is 11.9 Å². The van der Waals surface area contributed by atoms with Crippen molar-refractivity contribution in [3.63, 3.8) is 0 Å². The third-order valence-corrected chi connectivity index (χ3v) is 7.70. The lowest BCUT2D eigenvalue weighted by Gasteiger charge is -2.25. The van der Waals surface area contributed by atoms with E-state index >= 15 is 0 Å². The molecule has 15 nitrogen and oxygen atoms in total. The van der Waals surface area contributed by atoms with Gasteiger partial charge in [-0.25, -0.2) is 23.7 Å². The molecule has 1 aliphatic heterocycles. The number of hydrogen-bond acceptors (Lipinski definition) is 12. The summed E-state index contributed by atoms with van der Waals surface area (Å²) in [6.07, 6.45) is 7.47. The Morgan fingerprint density at radius 3 is 2.74 bits per heavy atom. The van der Waals surface area contributed by atoms with Crippen LogP contribution in [0.2, 0.25) is 0 Å². The van der Waals surface area contributed by atoms with Crippen LogP contribution < -0.4 is 37.3 Å². The quantitative estimate of drug-likeness (QED) is 0.129. The highest BCUT2D eigenvalue weighted by molar-refractivity contribution is 5.93. The zero-order valence-electron chi connectivity index (χ0n) is 26.9. The summed E-state index contributed by atoms with van der Waals surface area (Å²) in [6.45, 7) is 1.56. The highest BCUT2D eigenvalue weighted by atomic mass is 19.2. The van der Waals surface area contributed by atoms with E-state index in [2.05, 4.69) is 46.3 Å². The Morgan fingerprint density at radius 2 is 1.98 bits per heavy atom. The van der Waals surface area contributed by atoms with Crippen molar-refractivity contribution in [3.05, 3.63) is 106 Å². The molecule has 4 heterocycles. The molecule has 1 aliphatic rings. The van der Waals surface area contributed by atoms with E-state index in [1.807, 2.05) is 30.3 Å². The Bertz CT molecular complexity index is 2060. The van der Waals surface area contributed by atoms with Crippen molar-refractivity contribution in [2.75, 3.05) is 43.1 Å². The molecular weight excluding hydrogens is 650 g/mol. The van der Waals surface area contributed by atoms with E-state index in [9.17, 15) is 18.4 Å². The average Bonchev–Trinajstić information content (AvgIpc) is 3.49. The van der Waals surface area contributed by atoms with Crippen LogP contribution in [-0.4, -0.2) is 73.0 Å². The second-order valence-corrected chi connectivity index (χ2v) is 11.3. The minimum atomic E-state index is -1.04. The molecule has 1 atom stereocenters. The second-order valence-electron chi connectivity index (χ2n) is 11.3. The van der Waals surface area contributed by atoms with Crippen molar-refractivity contribution in [3.8, 4) is 11.6 Å². The van der Waals surface area contributed by atoms with Gasteiger partial charge in [-0.15, -0.1) is 5.10 Å². The van der Waals surface area contributed by atoms with Crippen molar-refractivity contribution in [2.24, 2.45) is 0 Å². The number of nitrogens with two attached hydrogens (primary N) is 1. The maximum absolute atomic E-state index is 13.7. The number of amides is 1. The van der Waals surface area contributed by atoms with E-state index in [1.165, 1.54) is 24.2 Å². The van der Waals surface area contributed by atoms with Gasteiger partial charge in [-0.05, 0) is 55.3 Å². The number of benzene rings is 2. The Labute approximate surface area is 284 Å². The number of carbonyl (C=O) groups excluding carboxylic acids is 1. The van der Waals surface area contributed by atoms with E-state index in [0.29, 0.717) is 17.1 Å². The number of halogens is 2. The smallest absolute Gasteiger partial charge is 0.266 e. The fourth-order valence-electron chi connectivity index (χ4n) is 5.28. The van der Waals surface area contributed by atoms with E-state index in [0.717, 1.165) is 54.5 Å². The molecule has 1 fully saturated rings. The van der Waals surface area contributed by atoms with Gasteiger partial charge in [0.05, 0.1) is 20.0 Å². The summed E-state index contributed by atoms with van der Waals surface area (Å²) < 4.78 is 35.2. The summed E-state index contributed by atoms with van der Waals surface area (Å²) in [7, 11) is 1.50. The molecule has 258 valence electrons. The molecule has 6 N–H and O–H groups in total. The average molecular weight is 685 g/mol. The largest absolute Gasteiger partial charge is 0.490 e. The minimum Gasteiger partial charge on any atom is -0.490 e. The van der Waals surface area contributed by atoms with Crippen LogP contribution in [0.15, 0.2) is 71.9 Å². The number of rotatable bonds is 12. The Hall–Kier alpha value is -6.23. The lowest BCUT2D eigenvalue weighted by Crippen LogP contribution is -2.38. The number of methoxy groups -OCH3 is 1. The Morgan fingerprint density at radius 1 is 1.14 bits per heavy atom. The highest BCUT2D eigenvalue weighted by Gasteiger charge is 2.23. The first-order chi connectivity index (χ1) is 24.3. The number of hydrogen-bond donors (Lipinski definition) is 5. The minimum absolute atomic E-state index is 0.00692. The first-order valence-corrected chi connectivity index (χ1v) is 15.7. The number of carbonyl (C=O) groups is 1. The highest BCUT2D eigenvalue weighted by Crippen LogP contribution is 2.32. The fourth-order valence-corrected chi connectivity index (χ4v) is 5.28. The summed E-state index contributed by atoms with van der Waals surface area (Å²) in [5.74, 6) is -1.20. The zero-order chi connectivity index (χ0) is 35.0. The van der Waals surface area contributed by atoms with Crippen molar-refractivity contribution < 1.29 is 18.3 Å². The number of anilines is 4.